The van der Waals surface area contributed by atoms with E-state index in [1.54, 1.807) is 24.3 Å². The number of alkyl halides is 3. The number of ether oxygens (including phenoxy) is 2. The van der Waals surface area contributed by atoms with E-state index < -0.39 is 17.7 Å². The molecule has 1 aromatic heterocycles. The summed E-state index contributed by atoms with van der Waals surface area (Å²) in [7, 11) is 0. The molecule has 0 aliphatic heterocycles. The fourth-order valence-electron chi connectivity index (χ4n) is 2.34. The van der Waals surface area contributed by atoms with Gasteiger partial charge in [-0.05, 0) is 49.6 Å². The predicted octanol–water partition coefficient (Wildman–Crippen LogP) is 5.31. The lowest BCUT2D eigenvalue weighted by Gasteiger charge is -2.17. The number of hydrogen-bond donors (Lipinski definition) is 1. The minimum absolute atomic E-state index is 0.0526. The highest BCUT2D eigenvalue weighted by Crippen LogP contribution is 2.30. The number of carboxylic acids is 1. The second-order valence-electron chi connectivity index (χ2n) is 5.89. The van der Waals surface area contributed by atoms with E-state index in [0.29, 0.717) is 24.3 Å². The highest BCUT2D eigenvalue weighted by atomic mass is 19.4. The summed E-state index contributed by atoms with van der Waals surface area (Å²) < 4.78 is 48.8. The standard InChI is InChI=1S/C19H20F3NO4/c1-2-14(4-3-5-18(24)25)26-15-7-9-16(10-8-15)27-17-11-6-13(12-23-17)19(20,21)22/h6-12,14H,2-5H2,1H3,(H,24,25). The number of pyridine rings is 1. The Morgan fingerprint density at radius 3 is 2.33 bits per heavy atom. The first-order chi connectivity index (χ1) is 12.8. The largest absolute Gasteiger partial charge is 0.490 e. The lowest BCUT2D eigenvalue weighted by molar-refractivity contribution is -0.138. The molecule has 0 aliphatic carbocycles. The predicted molar refractivity (Wildman–Crippen MR) is 91.9 cm³/mol. The smallest absolute Gasteiger partial charge is 0.417 e. The van der Waals surface area contributed by atoms with Crippen LogP contribution in [0.15, 0.2) is 42.6 Å². The van der Waals surface area contributed by atoms with Crippen molar-refractivity contribution >= 4 is 5.97 Å². The fourth-order valence-corrected chi connectivity index (χ4v) is 2.34. The van der Waals surface area contributed by atoms with Crippen LogP contribution in [0, 0.1) is 0 Å². The van der Waals surface area contributed by atoms with Gasteiger partial charge in [0.05, 0.1) is 11.7 Å². The molecule has 0 saturated carbocycles. The van der Waals surface area contributed by atoms with E-state index in [9.17, 15) is 18.0 Å². The van der Waals surface area contributed by atoms with E-state index in [1.165, 1.54) is 0 Å². The van der Waals surface area contributed by atoms with Gasteiger partial charge in [-0.3, -0.25) is 4.79 Å². The number of halogens is 3. The Balaban J connectivity index is 1.91. The zero-order chi connectivity index (χ0) is 19.9. The Morgan fingerprint density at radius 1 is 1.15 bits per heavy atom. The third-order valence-corrected chi connectivity index (χ3v) is 3.78. The third-order valence-electron chi connectivity index (χ3n) is 3.78. The van der Waals surface area contributed by atoms with Crippen LogP contribution in [0.2, 0.25) is 0 Å². The van der Waals surface area contributed by atoms with Crippen molar-refractivity contribution in [2.24, 2.45) is 0 Å². The van der Waals surface area contributed by atoms with Gasteiger partial charge in [-0.15, -0.1) is 0 Å². The van der Waals surface area contributed by atoms with Gasteiger partial charge in [-0.1, -0.05) is 6.92 Å². The van der Waals surface area contributed by atoms with Crippen molar-refractivity contribution in [3.05, 3.63) is 48.2 Å². The van der Waals surface area contributed by atoms with Gasteiger partial charge >= 0.3 is 12.1 Å². The molecule has 2 aromatic rings. The number of aliphatic carboxylic acids is 1. The molecule has 0 spiro atoms. The van der Waals surface area contributed by atoms with Gasteiger partial charge in [0.2, 0.25) is 5.88 Å². The molecule has 146 valence electrons. The Labute approximate surface area is 154 Å². The van der Waals surface area contributed by atoms with Crippen LogP contribution in [-0.2, 0) is 11.0 Å². The van der Waals surface area contributed by atoms with Crippen molar-refractivity contribution in [3.8, 4) is 17.4 Å². The second kappa shape index (κ2) is 9.25. The summed E-state index contributed by atoms with van der Waals surface area (Å²) >= 11 is 0. The van der Waals surface area contributed by atoms with Crippen molar-refractivity contribution < 1.29 is 32.5 Å². The molecule has 0 saturated heterocycles. The highest BCUT2D eigenvalue weighted by Gasteiger charge is 2.30. The first-order valence-electron chi connectivity index (χ1n) is 8.47. The van der Waals surface area contributed by atoms with E-state index in [0.717, 1.165) is 24.8 Å². The van der Waals surface area contributed by atoms with Crippen LogP contribution in [0.4, 0.5) is 13.2 Å². The summed E-state index contributed by atoms with van der Waals surface area (Å²) in [5, 5.41) is 8.68. The van der Waals surface area contributed by atoms with Gasteiger partial charge in [0, 0.05) is 18.7 Å². The van der Waals surface area contributed by atoms with Crippen LogP contribution in [-0.4, -0.2) is 22.2 Å². The Morgan fingerprint density at radius 2 is 1.81 bits per heavy atom. The average Bonchev–Trinajstić information content (AvgIpc) is 2.62. The zero-order valence-corrected chi connectivity index (χ0v) is 14.7. The third kappa shape index (κ3) is 6.80. The molecule has 1 N–H and O–H groups in total. The Hall–Kier alpha value is -2.77. The number of nitrogens with zero attached hydrogens (tertiary/aromatic N) is 1. The number of benzene rings is 1. The molecule has 8 heteroatoms. The van der Waals surface area contributed by atoms with Gasteiger partial charge in [-0.2, -0.15) is 13.2 Å². The van der Waals surface area contributed by atoms with E-state index in [1.807, 2.05) is 6.92 Å². The second-order valence-corrected chi connectivity index (χ2v) is 5.89. The molecule has 1 heterocycles. The quantitative estimate of drug-likeness (QED) is 0.636. The topological polar surface area (TPSA) is 68.7 Å². The summed E-state index contributed by atoms with van der Waals surface area (Å²) in [5.74, 6) is 0.235. The monoisotopic (exact) mass is 383 g/mol. The van der Waals surface area contributed by atoms with E-state index in [-0.39, 0.29) is 18.4 Å². The van der Waals surface area contributed by atoms with Gasteiger partial charge in [0.15, 0.2) is 0 Å². The molecular formula is C19H20F3NO4. The molecule has 1 atom stereocenters. The minimum Gasteiger partial charge on any atom is -0.490 e. The van der Waals surface area contributed by atoms with Crippen LogP contribution in [0.25, 0.3) is 0 Å². The Bertz CT molecular complexity index is 730. The van der Waals surface area contributed by atoms with Crippen LogP contribution in [0.3, 0.4) is 0 Å². The van der Waals surface area contributed by atoms with E-state index in [4.69, 9.17) is 14.6 Å². The summed E-state index contributed by atoms with van der Waals surface area (Å²) in [6.07, 6.45) is -1.79. The van der Waals surface area contributed by atoms with Gasteiger partial charge in [-0.25, -0.2) is 4.98 Å². The number of carbonyl (C=O) groups is 1. The lowest BCUT2D eigenvalue weighted by Crippen LogP contribution is -2.15. The van der Waals surface area contributed by atoms with Crippen LogP contribution in [0.1, 0.15) is 38.2 Å². The molecule has 27 heavy (non-hydrogen) atoms. The number of carboxylic acid groups (broad SMARTS) is 1. The van der Waals surface area contributed by atoms with Crippen molar-refractivity contribution in [1.82, 2.24) is 4.98 Å². The van der Waals surface area contributed by atoms with Crippen LogP contribution >= 0.6 is 0 Å². The van der Waals surface area contributed by atoms with Crippen molar-refractivity contribution in [1.29, 1.82) is 0 Å². The van der Waals surface area contributed by atoms with Gasteiger partial charge < -0.3 is 14.6 Å². The summed E-state index contributed by atoms with van der Waals surface area (Å²) in [4.78, 5) is 14.2. The van der Waals surface area contributed by atoms with Gasteiger partial charge in [0.25, 0.3) is 0 Å². The minimum atomic E-state index is -4.44. The van der Waals surface area contributed by atoms with Crippen molar-refractivity contribution in [2.75, 3.05) is 0 Å². The summed E-state index contributed by atoms with van der Waals surface area (Å²) in [6.45, 7) is 1.96. The van der Waals surface area contributed by atoms with Crippen molar-refractivity contribution in [2.45, 2.75) is 44.9 Å². The fraction of sp³-hybridized carbons (Fsp3) is 0.368. The van der Waals surface area contributed by atoms with Gasteiger partial charge in [0.1, 0.15) is 11.5 Å². The maximum atomic E-state index is 12.5. The zero-order valence-electron chi connectivity index (χ0n) is 14.7. The maximum Gasteiger partial charge on any atom is 0.417 e. The van der Waals surface area contributed by atoms with E-state index >= 15 is 0 Å². The number of aromatic nitrogens is 1. The number of hydrogen-bond acceptors (Lipinski definition) is 4. The SMILES string of the molecule is CCC(CCCC(=O)O)Oc1ccc(Oc2ccc(C(F)(F)F)cn2)cc1. The molecule has 1 unspecified atom stereocenters. The molecular weight excluding hydrogens is 363 g/mol. The molecule has 0 amide bonds. The highest BCUT2D eigenvalue weighted by molar-refractivity contribution is 5.66. The van der Waals surface area contributed by atoms with Crippen LogP contribution < -0.4 is 9.47 Å². The molecule has 0 radical (unpaired) electrons. The maximum absolute atomic E-state index is 12.5. The lowest BCUT2D eigenvalue weighted by atomic mass is 10.1. The molecule has 0 bridgehead atoms. The molecule has 1 aromatic carbocycles. The molecule has 0 aliphatic rings. The first kappa shape index (κ1) is 20.5. The molecule has 0 fully saturated rings. The molecule has 5 nitrogen and oxygen atoms in total. The van der Waals surface area contributed by atoms with Crippen LogP contribution in [0.5, 0.6) is 17.4 Å². The first-order valence-corrected chi connectivity index (χ1v) is 8.47. The van der Waals surface area contributed by atoms with Crippen molar-refractivity contribution in [3.63, 3.8) is 0 Å². The number of rotatable bonds is 9. The van der Waals surface area contributed by atoms with E-state index in [2.05, 4.69) is 4.98 Å². The normalized spacial score (nSPS) is 12.4. The summed E-state index contributed by atoms with van der Waals surface area (Å²) in [5.41, 5.74) is -0.841. The molecule has 2 rings (SSSR count). The Kier molecular flexibility index (Phi) is 7.04. The summed E-state index contributed by atoms with van der Waals surface area (Å²) in [6, 6.07) is 8.67. The average molecular weight is 383 g/mol.